The first kappa shape index (κ1) is 8.61. The summed E-state index contributed by atoms with van der Waals surface area (Å²) in [4.78, 5) is 3.86. The number of hydrogen-bond acceptors (Lipinski definition) is 6. The van der Waals surface area contributed by atoms with Crippen molar-refractivity contribution >= 4 is 5.82 Å². The third-order valence-electron chi connectivity index (χ3n) is 1.63. The van der Waals surface area contributed by atoms with Crippen molar-refractivity contribution in [1.82, 2.24) is 20.3 Å². The van der Waals surface area contributed by atoms with E-state index in [1.807, 2.05) is 19.1 Å². The first-order valence-corrected chi connectivity index (χ1v) is 4.14. The summed E-state index contributed by atoms with van der Waals surface area (Å²) in [7, 11) is 0. The van der Waals surface area contributed by atoms with Crippen LogP contribution in [0.2, 0.25) is 0 Å². The number of anilines is 1. The molecule has 14 heavy (non-hydrogen) atoms. The summed E-state index contributed by atoms with van der Waals surface area (Å²) in [6.07, 6.45) is 1.29. The fourth-order valence-corrected chi connectivity index (χ4v) is 0.933. The molecule has 0 saturated carbocycles. The summed E-state index contributed by atoms with van der Waals surface area (Å²) in [6, 6.07) is 3.73. The van der Waals surface area contributed by atoms with Gasteiger partial charge < -0.3 is 9.84 Å². The Morgan fingerprint density at radius 3 is 2.93 bits per heavy atom. The Morgan fingerprint density at radius 1 is 1.36 bits per heavy atom. The van der Waals surface area contributed by atoms with Crippen molar-refractivity contribution in [3.63, 3.8) is 0 Å². The molecule has 2 rings (SSSR count). The fraction of sp³-hybridized carbons (Fsp3) is 0.250. The Morgan fingerprint density at radius 2 is 2.29 bits per heavy atom. The molecule has 0 radical (unpaired) electrons. The molecule has 72 valence electrons. The van der Waals surface area contributed by atoms with E-state index in [-0.39, 0.29) is 0 Å². The van der Waals surface area contributed by atoms with Crippen molar-refractivity contribution in [1.29, 1.82) is 0 Å². The van der Waals surface area contributed by atoms with E-state index in [0.717, 1.165) is 5.69 Å². The third kappa shape index (κ3) is 2.03. The summed E-state index contributed by atoms with van der Waals surface area (Å²) < 4.78 is 4.58. The molecule has 0 aliphatic carbocycles. The molecule has 0 atom stereocenters. The summed E-state index contributed by atoms with van der Waals surface area (Å²) in [5, 5.41) is 14.5. The van der Waals surface area contributed by atoms with Gasteiger partial charge >= 0.3 is 0 Å². The maximum absolute atomic E-state index is 4.58. The number of rotatable bonds is 3. The highest BCUT2D eigenvalue weighted by Gasteiger charge is 1.98. The lowest BCUT2D eigenvalue weighted by atomic mass is 10.4. The number of aryl methyl sites for hydroxylation is 1. The van der Waals surface area contributed by atoms with Crippen molar-refractivity contribution in [2.45, 2.75) is 13.5 Å². The topological polar surface area (TPSA) is 76.7 Å². The highest BCUT2D eigenvalue weighted by Crippen LogP contribution is 2.02. The van der Waals surface area contributed by atoms with E-state index in [1.54, 1.807) is 0 Å². The molecule has 1 N–H and O–H groups in total. The maximum atomic E-state index is 4.58. The lowest BCUT2D eigenvalue weighted by molar-refractivity contribution is 0.411. The zero-order valence-corrected chi connectivity index (χ0v) is 7.64. The van der Waals surface area contributed by atoms with Crippen LogP contribution in [0.4, 0.5) is 5.82 Å². The van der Waals surface area contributed by atoms with Crippen molar-refractivity contribution in [3.05, 3.63) is 30.0 Å². The molecular weight excluding hydrogens is 182 g/mol. The fourth-order valence-electron chi connectivity index (χ4n) is 0.933. The van der Waals surface area contributed by atoms with Gasteiger partial charge in [0.25, 0.3) is 0 Å². The standard InChI is InChI=1S/C8H9N5O/c1-6-2-3-7(12-11-6)9-4-8-10-5-14-13-8/h2-3,5H,4H2,1H3,(H,9,12). The van der Waals surface area contributed by atoms with Gasteiger partial charge in [-0.05, 0) is 19.1 Å². The number of hydrogen-bond donors (Lipinski definition) is 1. The van der Waals surface area contributed by atoms with Gasteiger partial charge in [-0.25, -0.2) is 0 Å². The normalized spacial score (nSPS) is 10.1. The van der Waals surface area contributed by atoms with Gasteiger partial charge in [0.15, 0.2) is 5.82 Å². The van der Waals surface area contributed by atoms with Crippen LogP contribution in [0.5, 0.6) is 0 Å². The second-order valence-electron chi connectivity index (χ2n) is 2.76. The van der Waals surface area contributed by atoms with Crippen molar-refractivity contribution in [3.8, 4) is 0 Å². The Kier molecular flexibility index (Phi) is 2.35. The third-order valence-corrected chi connectivity index (χ3v) is 1.63. The van der Waals surface area contributed by atoms with Crippen molar-refractivity contribution in [2.75, 3.05) is 5.32 Å². The van der Waals surface area contributed by atoms with Crippen LogP contribution in [0.3, 0.4) is 0 Å². The molecule has 0 aliphatic rings. The molecule has 0 aliphatic heterocycles. The highest BCUT2D eigenvalue weighted by molar-refractivity contribution is 5.32. The number of nitrogens with one attached hydrogen (secondary N) is 1. The smallest absolute Gasteiger partial charge is 0.213 e. The number of nitrogens with zero attached hydrogens (tertiary/aromatic N) is 4. The zero-order chi connectivity index (χ0) is 9.80. The Bertz CT molecular complexity index is 383. The Balaban J connectivity index is 1.95. The summed E-state index contributed by atoms with van der Waals surface area (Å²) in [5.74, 6) is 1.28. The van der Waals surface area contributed by atoms with Crippen molar-refractivity contribution < 1.29 is 4.52 Å². The molecule has 0 saturated heterocycles. The molecule has 0 unspecified atom stereocenters. The van der Waals surface area contributed by atoms with Gasteiger partial charge in [0.2, 0.25) is 6.39 Å². The quantitative estimate of drug-likeness (QED) is 0.772. The van der Waals surface area contributed by atoms with E-state index in [1.165, 1.54) is 6.39 Å². The lowest BCUT2D eigenvalue weighted by Gasteiger charge is -2.00. The molecule has 0 spiro atoms. The molecule has 6 nitrogen and oxygen atoms in total. The summed E-state index contributed by atoms with van der Waals surface area (Å²) in [5.41, 5.74) is 0.884. The predicted octanol–water partition coefficient (Wildman–Crippen LogP) is 0.780. The second kappa shape index (κ2) is 3.82. The molecule has 0 bridgehead atoms. The van der Waals surface area contributed by atoms with Crippen LogP contribution in [0.15, 0.2) is 23.0 Å². The molecule has 0 aromatic carbocycles. The lowest BCUT2D eigenvalue weighted by Crippen LogP contribution is -2.03. The van der Waals surface area contributed by atoms with Crippen molar-refractivity contribution in [2.24, 2.45) is 0 Å². The van der Waals surface area contributed by atoms with E-state index >= 15 is 0 Å². The predicted molar refractivity (Wildman–Crippen MR) is 48.4 cm³/mol. The molecular formula is C8H9N5O. The SMILES string of the molecule is Cc1ccc(NCc2ncon2)nn1. The van der Waals surface area contributed by atoms with Gasteiger partial charge in [-0.3, -0.25) is 0 Å². The molecule has 0 amide bonds. The molecule has 6 heteroatoms. The molecule has 2 aromatic heterocycles. The van der Waals surface area contributed by atoms with E-state index in [0.29, 0.717) is 18.2 Å². The number of aromatic nitrogens is 4. The van der Waals surface area contributed by atoms with Crippen LogP contribution in [0.25, 0.3) is 0 Å². The van der Waals surface area contributed by atoms with Gasteiger partial charge in [-0.2, -0.15) is 10.1 Å². The van der Waals surface area contributed by atoms with Gasteiger partial charge in [-0.15, -0.1) is 5.10 Å². The van der Waals surface area contributed by atoms with Gasteiger partial charge in [0, 0.05) is 0 Å². The van der Waals surface area contributed by atoms with E-state index in [9.17, 15) is 0 Å². The first-order valence-electron chi connectivity index (χ1n) is 4.14. The van der Waals surface area contributed by atoms with E-state index < -0.39 is 0 Å². The minimum absolute atomic E-state index is 0.480. The minimum Gasteiger partial charge on any atom is -0.361 e. The van der Waals surface area contributed by atoms with Gasteiger partial charge in [0.05, 0.1) is 12.2 Å². The molecule has 0 fully saturated rings. The van der Waals surface area contributed by atoms with Crippen LogP contribution in [0.1, 0.15) is 11.5 Å². The monoisotopic (exact) mass is 191 g/mol. The zero-order valence-electron chi connectivity index (χ0n) is 7.64. The van der Waals surface area contributed by atoms with Gasteiger partial charge in [-0.1, -0.05) is 5.16 Å². The van der Waals surface area contributed by atoms with Crippen LogP contribution >= 0.6 is 0 Å². The van der Waals surface area contributed by atoms with Crippen LogP contribution in [-0.2, 0) is 6.54 Å². The van der Waals surface area contributed by atoms with Gasteiger partial charge in [0.1, 0.15) is 5.82 Å². The molecule has 2 heterocycles. The van der Waals surface area contributed by atoms with Crippen LogP contribution in [-0.4, -0.2) is 20.3 Å². The molecule has 2 aromatic rings. The maximum Gasteiger partial charge on any atom is 0.213 e. The average Bonchev–Trinajstić information content (AvgIpc) is 2.70. The van der Waals surface area contributed by atoms with Crippen LogP contribution < -0.4 is 5.32 Å². The minimum atomic E-state index is 0.480. The average molecular weight is 191 g/mol. The van der Waals surface area contributed by atoms with Crippen LogP contribution in [0, 0.1) is 6.92 Å². The van der Waals surface area contributed by atoms with E-state index in [2.05, 4.69) is 30.2 Å². The Labute approximate surface area is 80.4 Å². The Hall–Kier alpha value is -1.98. The van der Waals surface area contributed by atoms with E-state index in [4.69, 9.17) is 0 Å². The second-order valence-corrected chi connectivity index (χ2v) is 2.76. The highest BCUT2D eigenvalue weighted by atomic mass is 16.5. The largest absolute Gasteiger partial charge is 0.361 e. The summed E-state index contributed by atoms with van der Waals surface area (Å²) in [6.45, 7) is 2.37. The first-order chi connectivity index (χ1) is 6.84. The summed E-state index contributed by atoms with van der Waals surface area (Å²) >= 11 is 0.